The molecule has 12 nitrogen and oxygen atoms in total. The number of likely N-dealkylation sites (tertiary alicyclic amines) is 1. The van der Waals surface area contributed by atoms with Crippen LogP contribution in [0.2, 0.25) is 0 Å². The number of hydrogen-bond donors (Lipinski definition) is 4. The van der Waals surface area contributed by atoms with Gasteiger partial charge in [0.05, 0.1) is 43.5 Å². The van der Waals surface area contributed by atoms with E-state index in [1.165, 1.54) is 7.11 Å². The van der Waals surface area contributed by atoms with Crippen LogP contribution < -0.4 is 11.1 Å². The molecule has 0 spiro atoms. The van der Waals surface area contributed by atoms with Gasteiger partial charge in [-0.05, 0) is 31.4 Å². The molecule has 3 aromatic heterocycles. The molecule has 0 aliphatic carbocycles. The lowest BCUT2D eigenvalue weighted by Gasteiger charge is -2.28. The van der Waals surface area contributed by atoms with Gasteiger partial charge in [-0.2, -0.15) is 0 Å². The second-order valence-electron chi connectivity index (χ2n) is 10.4. The van der Waals surface area contributed by atoms with E-state index in [0.717, 1.165) is 35.5 Å². The Labute approximate surface area is 247 Å². The van der Waals surface area contributed by atoms with Crippen molar-refractivity contribution in [2.24, 2.45) is 5.73 Å². The first kappa shape index (κ1) is 27.9. The Kier molecular flexibility index (Phi) is 7.75. The fraction of sp³-hybridized carbons (Fsp3) is 0.258. The van der Waals surface area contributed by atoms with Gasteiger partial charge in [-0.3, -0.25) is 4.79 Å². The molecule has 220 valence electrons. The SMILES string of the molecule is COC(=O)N[C@@H](C(=O)N1CCC[C@H]1c1ncc(-c2ncc(-c3cccc(-c4cnc([C@H](C)N)[nH]4)c3)o2)[nH]1)c1ccccc1. The van der Waals surface area contributed by atoms with Crippen LogP contribution in [0.15, 0.2) is 77.6 Å². The van der Waals surface area contributed by atoms with Gasteiger partial charge in [-0.25, -0.2) is 19.7 Å². The molecule has 1 saturated heterocycles. The smallest absolute Gasteiger partial charge is 0.407 e. The highest BCUT2D eigenvalue weighted by molar-refractivity contribution is 5.87. The molecule has 5 N–H and O–H groups in total. The Hall–Kier alpha value is -5.23. The highest BCUT2D eigenvalue weighted by atomic mass is 16.5. The molecule has 4 heterocycles. The summed E-state index contributed by atoms with van der Waals surface area (Å²) in [6, 6.07) is 15.6. The van der Waals surface area contributed by atoms with Crippen molar-refractivity contribution in [2.45, 2.75) is 37.9 Å². The van der Waals surface area contributed by atoms with E-state index < -0.39 is 12.1 Å². The van der Waals surface area contributed by atoms with Crippen molar-refractivity contribution >= 4 is 12.0 Å². The number of nitrogens with two attached hydrogens (primary N) is 1. The fourth-order valence-electron chi connectivity index (χ4n) is 5.29. The summed E-state index contributed by atoms with van der Waals surface area (Å²) in [5, 5.41) is 2.68. The maximum absolute atomic E-state index is 13.8. The van der Waals surface area contributed by atoms with E-state index in [9.17, 15) is 9.59 Å². The number of alkyl carbamates (subject to hydrolysis) is 1. The molecule has 6 rings (SSSR count). The number of ether oxygens (including phenoxy) is 1. The van der Waals surface area contributed by atoms with Gasteiger partial charge in [0.2, 0.25) is 5.89 Å². The van der Waals surface area contributed by atoms with E-state index in [0.29, 0.717) is 35.3 Å². The molecule has 5 aromatic rings. The second kappa shape index (κ2) is 11.9. The van der Waals surface area contributed by atoms with Crippen LogP contribution in [0.3, 0.4) is 0 Å². The number of carbonyl (C=O) groups is 2. The molecule has 0 bridgehead atoms. The van der Waals surface area contributed by atoms with Crippen LogP contribution in [-0.4, -0.2) is 55.5 Å². The molecule has 2 amide bonds. The lowest BCUT2D eigenvalue weighted by molar-refractivity contribution is -0.134. The Morgan fingerprint density at radius 2 is 1.81 bits per heavy atom. The zero-order chi connectivity index (χ0) is 29.9. The summed E-state index contributed by atoms with van der Waals surface area (Å²) >= 11 is 0. The van der Waals surface area contributed by atoms with E-state index in [-0.39, 0.29) is 18.0 Å². The van der Waals surface area contributed by atoms with E-state index in [2.05, 4.69) is 30.2 Å². The fourth-order valence-corrected chi connectivity index (χ4v) is 5.29. The highest BCUT2D eigenvalue weighted by Crippen LogP contribution is 2.35. The molecular weight excluding hydrogens is 548 g/mol. The minimum absolute atomic E-state index is 0.190. The Morgan fingerprint density at radius 1 is 1.02 bits per heavy atom. The molecule has 2 aromatic carbocycles. The van der Waals surface area contributed by atoms with Gasteiger partial charge in [0, 0.05) is 17.7 Å². The number of benzene rings is 2. The molecule has 0 unspecified atom stereocenters. The number of nitrogens with one attached hydrogen (secondary N) is 3. The third-order valence-electron chi connectivity index (χ3n) is 7.50. The summed E-state index contributed by atoms with van der Waals surface area (Å²) in [5.74, 6) is 2.08. The Morgan fingerprint density at radius 3 is 2.58 bits per heavy atom. The van der Waals surface area contributed by atoms with Crippen LogP contribution >= 0.6 is 0 Å². The molecule has 1 fully saturated rings. The maximum Gasteiger partial charge on any atom is 0.407 e. The number of rotatable bonds is 8. The molecule has 1 aliphatic rings. The van der Waals surface area contributed by atoms with E-state index >= 15 is 0 Å². The number of aromatic nitrogens is 5. The monoisotopic (exact) mass is 580 g/mol. The van der Waals surface area contributed by atoms with Gasteiger partial charge >= 0.3 is 6.09 Å². The number of carbonyl (C=O) groups excluding carboxylic acids is 2. The number of imidazole rings is 2. The van der Waals surface area contributed by atoms with Crippen molar-refractivity contribution < 1.29 is 18.7 Å². The predicted octanol–water partition coefficient (Wildman–Crippen LogP) is 4.90. The zero-order valence-corrected chi connectivity index (χ0v) is 23.8. The van der Waals surface area contributed by atoms with Crippen molar-refractivity contribution in [2.75, 3.05) is 13.7 Å². The summed E-state index contributed by atoms with van der Waals surface area (Å²) in [6.45, 7) is 2.41. The number of hydrogen-bond acceptors (Lipinski definition) is 8. The summed E-state index contributed by atoms with van der Waals surface area (Å²) in [6.07, 6.45) is 5.94. The topological polar surface area (TPSA) is 168 Å². The lowest BCUT2D eigenvalue weighted by atomic mass is 10.1. The number of nitrogens with zero attached hydrogens (tertiary/aromatic N) is 4. The minimum atomic E-state index is -0.888. The molecular formula is C31H32N8O4. The normalized spacial score (nSPS) is 16.2. The minimum Gasteiger partial charge on any atom is -0.453 e. The van der Waals surface area contributed by atoms with Gasteiger partial charge in [0.15, 0.2) is 5.76 Å². The summed E-state index contributed by atoms with van der Waals surface area (Å²) < 4.78 is 10.9. The first-order valence-corrected chi connectivity index (χ1v) is 14.0. The van der Waals surface area contributed by atoms with Crippen LogP contribution in [0.4, 0.5) is 4.79 Å². The standard InChI is InChI=1S/C31H32N8O4/c1-18(32)27-33-15-22(36-27)20-10-6-11-21(14-20)25-17-35-29(43-25)23-16-34-28(37-23)24-12-7-13-39(24)30(40)26(38-31(41)42-2)19-8-4-3-5-9-19/h3-6,8-11,14-18,24,26H,7,12-13,32H2,1-2H3,(H,33,36)(H,34,37)(H,38,41)/t18-,24-,26+/m0/s1. The average Bonchev–Trinajstić information content (AvgIpc) is 3.86. The average molecular weight is 581 g/mol. The summed E-state index contributed by atoms with van der Waals surface area (Å²) in [5.41, 5.74) is 9.87. The maximum atomic E-state index is 13.8. The highest BCUT2D eigenvalue weighted by Gasteiger charge is 2.37. The molecule has 12 heteroatoms. The van der Waals surface area contributed by atoms with Crippen molar-refractivity contribution in [1.82, 2.24) is 35.1 Å². The molecule has 3 atom stereocenters. The van der Waals surface area contributed by atoms with E-state index in [4.69, 9.17) is 14.9 Å². The number of oxazole rings is 1. The molecule has 43 heavy (non-hydrogen) atoms. The third-order valence-corrected chi connectivity index (χ3v) is 7.50. The van der Waals surface area contributed by atoms with Crippen molar-refractivity contribution in [3.63, 3.8) is 0 Å². The Balaban J connectivity index is 1.21. The van der Waals surface area contributed by atoms with Crippen LogP contribution in [0.5, 0.6) is 0 Å². The van der Waals surface area contributed by atoms with Crippen LogP contribution in [-0.2, 0) is 9.53 Å². The van der Waals surface area contributed by atoms with Crippen molar-refractivity contribution in [1.29, 1.82) is 0 Å². The number of aromatic amines is 2. The molecule has 0 radical (unpaired) electrons. The lowest BCUT2D eigenvalue weighted by Crippen LogP contribution is -2.42. The van der Waals surface area contributed by atoms with E-state index in [1.54, 1.807) is 35.6 Å². The molecule has 0 saturated carbocycles. The Bertz CT molecular complexity index is 1720. The van der Waals surface area contributed by atoms with Crippen LogP contribution in [0.1, 0.15) is 55.1 Å². The molecule has 1 aliphatic heterocycles. The summed E-state index contributed by atoms with van der Waals surface area (Å²) in [4.78, 5) is 47.6. The first-order chi connectivity index (χ1) is 20.9. The number of H-pyrrole nitrogens is 2. The van der Waals surface area contributed by atoms with Gasteiger partial charge < -0.3 is 35.1 Å². The van der Waals surface area contributed by atoms with Gasteiger partial charge in [-0.1, -0.05) is 48.5 Å². The van der Waals surface area contributed by atoms with E-state index in [1.807, 2.05) is 49.4 Å². The third kappa shape index (κ3) is 5.77. The van der Waals surface area contributed by atoms with Crippen molar-refractivity contribution in [3.8, 4) is 34.2 Å². The number of methoxy groups -OCH3 is 1. The largest absolute Gasteiger partial charge is 0.453 e. The van der Waals surface area contributed by atoms with Gasteiger partial charge in [0.25, 0.3) is 5.91 Å². The quantitative estimate of drug-likeness (QED) is 0.201. The van der Waals surface area contributed by atoms with Gasteiger partial charge in [0.1, 0.15) is 23.4 Å². The van der Waals surface area contributed by atoms with Crippen molar-refractivity contribution in [3.05, 3.63) is 90.4 Å². The van der Waals surface area contributed by atoms with Crippen LogP contribution in [0, 0.1) is 0 Å². The number of amides is 2. The van der Waals surface area contributed by atoms with Crippen LogP contribution in [0.25, 0.3) is 34.2 Å². The predicted molar refractivity (Wildman–Crippen MR) is 158 cm³/mol. The van der Waals surface area contributed by atoms with Gasteiger partial charge in [-0.15, -0.1) is 0 Å². The zero-order valence-electron chi connectivity index (χ0n) is 23.8. The summed E-state index contributed by atoms with van der Waals surface area (Å²) in [7, 11) is 1.27. The second-order valence-corrected chi connectivity index (χ2v) is 10.4. The first-order valence-electron chi connectivity index (χ1n) is 14.0.